The molecule has 2 aliphatic rings. The zero-order chi connectivity index (χ0) is 21.2. The first-order chi connectivity index (χ1) is 15.2. The van der Waals surface area contributed by atoms with E-state index in [0.717, 1.165) is 50.2 Å². The third kappa shape index (κ3) is 4.30. The van der Waals surface area contributed by atoms with Crippen LogP contribution in [0.4, 0.5) is 10.6 Å². The van der Waals surface area contributed by atoms with E-state index in [1.165, 1.54) is 10.5 Å². The summed E-state index contributed by atoms with van der Waals surface area (Å²) in [5.74, 6) is 0.204. The van der Waals surface area contributed by atoms with Gasteiger partial charge in [0.05, 0.1) is 5.39 Å². The molecule has 2 fully saturated rings. The predicted octanol–water partition coefficient (Wildman–Crippen LogP) is 2.59. The lowest BCUT2D eigenvalue weighted by molar-refractivity contribution is -0.120. The fourth-order valence-electron chi connectivity index (χ4n) is 4.24. The zero-order valence-electron chi connectivity index (χ0n) is 17.3. The van der Waals surface area contributed by atoms with Gasteiger partial charge in [-0.3, -0.25) is 24.8 Å². The van der Waals surface area contributed by atoms with Crippen molar-refractivity contribution in [3.05, 3.63) is 59.7 Å². The van der Waals surface area contributed by atoms with E-state index in [1.54, 1.807) is 0 Å². The summed E-state index contributed by atoms with van der Waals surface area (Å²) in [6, 6.07) is 16.1. The first-order valence-corrected chi connectivity index (χ1v) is 10.6. The molecule has 0 bridgehead atoms. The van der Waals surface area contributed by atoms with E-state index in [-0.39, 0.29) is 12.3 Å². The van der Waals surface area contributed by atoms with Crippen LogP contribution < -0.4 is 10.2 Å². The van der Waals surface area contributed by atoms with Crippen molar-refractivity contribution < 1.29 is 14.1 Å². The number of amides is 3. The smallest absolute Gasteiger partial charge is 0.329 e. The van der Waals surface area contributed by atoms with Crippen molar-refractivity contribution in [1.82, 2.24) is 20.3 Å². The molecule has 2 aliphatic heterocycles. The summed E-state index contributed by atoms with van der Waals surface area (Å²) in [6.45, 7) is 6.24. The second-order valence-electron chi connectivity index (χ2n) is 8.13. The van der Waals surface area contributed by atoms with Crippen molar-refractivity contribution >= 4 is 28.7 Å². The molecule has 1 aromatic heterocycles. The predicted molar refractivity (Wildman–Crippen MR) is 117 cm³/mol. The topological polar surface area (TPSA) is 81.9 Å². The summed E-state index contributed by atoms with van der Waals surface area (Å²) in [5, 5.41) is 7.22. The van der Waals surface area contributed by atoms with Gasteiger partial charge < -0.3 is 4.52 Å². The van der Waals surface area contributed by atoms with Crippen LogP contribution in [0.2, 0.25) is 0 Å². The van der Waals surface area contributed by atoms with Crippen molar-refractivity contribution in [1.29, 1.82) is 0 Å². The number of benzene rings is 2. The first-order valence-electron chi connectivity index (χ1n) is 10.6. The van der Waals surface area contributed by atoms with E-state index in [2.05, 4.69) is 50.6 Å². The zero-order valence-corrected chi connectivity index (χ0v) is 17.3. The summed E-state index contributed by atoms with van der Waals surface area (Å²) < 4.78 is 5.42. The van der Waals surface area contributed by atoms with Crippen LogP contribution in [0, 0.1) is 0 Å². The Kier molecular flexibility index (Phi) is 5.40. The number of hydrogen-bond donors (Lipinski definition) is 1. The standard InChI is InChI=1S/C23H25N5O3/c29-21-8-9-28(23(30)24-21)22-19-14-18(6-7-20(19)31-25-22)16-27-12-10-26(11-13-27)15-17-4-2-1-3-5-17/h1-7,14H,8-13,15-16H2,(H,24,29,30). The molecule has 0 unspecified atom stereocenters. The van der Waals surface area contributed by atoms with Crippen LogP contribution in [0.25, 0.3) is 11.0 Å². The lowest BCUT2D eigenvalue weighted by atomic mass is 10.1. The molecule has 8 nitrogen and oxygen atoms in total. The third-order valence-electron chi connectivity index (χ3n) is 5.95. The summed E-state index contributed by atoms with van der Waals surface area (Å²) in [6.07, 6.45) is 0.257. The molecule has 31 heavy (non-hydrogen) atoms. The number of nitrogens with one attached hydrogen (secondary N) is 1. The van der Waals surface area contributed by atoms with E-state index in [1.807, 2.05) is 18.2 Å². The average molecular weight is 419 g/mol. The Morgan fingerprint density at radius 3 is 2.29 bits per heavy atom. The van der Waals surface area contributed by atoms with E-state index in [9.17, 15) is 9.59 Å². The molecule has 0 aliphatic carbocycles. The summed E-state index contributed by atoms with van der Waals surface area (Å²) >= 11 is 0. The SMILES string of the molecule is O=C1CCN(c2noc3ccc(CN4CCN(Cc5ccccc5)CC4)cc23)C(=O)N1. The van der Waals surface area contributed by atoms with E-state index < -0.39 is 6.03 Å². The number of aromatic nitrogens is 1. The van der Waals surface area contributed by atoms with Gasteiger partial charge in [0, 0.05) is 52.2 Å². The molecule has 1 N–H and O–H groups in total. The van der Waals surface area contributed by atoms with Crippen LogP contribution in [-0.2, 0) is 17.9 Å². The molecule has 2 saturated heterocycles. The van der Waals surface area contributed by atoms with Gasteiger partial charge in [-0.1, -0.05) is 41.6 Å². The maximum atomic E-state index is 12.2. The molecule has 0 saturated carbocycles. The van der Waals surface area contributed by atoms with Crippen LogP contribution in [0.1, 0.15) is 17.5 Å². The molecule has 3 amide bonds. The molecular weight excluding hydrogens is 394 g/mol. The number of piperazine rings is 1. The number of carbonyl (C=O) groups is 2. The second-order valence-corrected chi connectivity index (χ2v) is 8.13. The van der Waals surface area contributed by atoms with E-state index in [0.29, 0.717) is 17.9 Å². The highest BCUT2D eigenvalue weighted by Gasteiger charge is 2.28. The Morgan fingerprint density at radius 2 is 1.58 bits per heavy atom. The molecule has 5 rings (SSSR count). The van der Waals surface area contributed by atoms with Gasteiger partial charge in [0.15, 0.2) is 11.4 Å². The van der Waals surface area contributed by atoms with Gasteiger partial charge >= 0.3 is 6.03 Å². The minimum atomic E-state index is -0.452. The second kappa shape index (κ2) is 8.49. The Morgan fingerprint density at radius 1 is 0.871 bits per heavy atom. The Balaban J connectivity index is 1.24. The van der Waals surface area contributed by atoms with Crippen LogP contribution >= 0.6 is 0 Å². The van der Waals surface area contributed by atoms with Crippen LogP contribution in [0.15, 0.2) is 53.1 Å². The number of rotatable bonds is 5. The van der Waals surface area contributed by atoms with Gasteiger partial charge in [0.25, 0.3) is 0 Å². The van der Waals surface area contributed by atoms with Gasteiger partial charge in [-0.2, -0.15) is 0 Å². The quantitative estimate of drug-likeness (QED) is 0.685. The van der Waals surface area contributed by atoms with Crippen molar-refractivity contribution in [3.8, 4) is 0 Å². The lowest BCUT2D eigenvalue weighted by Gasteiger charge is -2.34. The van der Waals surface area contributed by atoms with Crippen LogP contribution in [-0.4, -0.2) is 59.6 Å². The molecule has 0 atom stereocenters. The largest absolute Gasteiger partial charge is 0.354 e. The van der Waals surface area contributed by atoms with Gasteiger partial charge in [-0.25, -0.2) is 4.79 Å². The first kappa shape index (κ1) is 19.7. The number of anilines is 1. The minimum absolute atomic E-state index is 0.257. The number of fused-ring (bicyclic) bond motifs is 1. The highest BCUT2D eigenvalue weighted by atomic mass is 16.5. The van der Waals surface area contributed by atoms with Crippen molar-refractivity contribution in [2.75, 3.05) is 37.6 Å². The number of imide groups is 1. The molecular formula is C23H25N5O3. The van der Waals surface area contributed by atoms with Crippen molar-refractivity contribution in [2.45, 2.75) is 19.5 Å². The van der Waals surface area contributed by atoms with Gasteiger partial charge in [-0.15, -0.1) is 0 Å². The average Bonchev–Trinajstić information content (AvgIpc) is 3.19. The van der Waals surface area contributed by atoms with Crippen molar-refractivity contribution in [2.24, 2.45) is 0 Å². The highest BCUT2D eigenvalue weighted by molar-refractivity contribution is 6.08. The third-order valence-corrected chi connectivity index (χ3v) is 5.95. The highest BCUT2D eigenvalue weighted by Crippen LogP contribution is 2.28. The molecule has 2 aromatic carbocycles. The van der Waals surface area contributed by atoms with Crippen LogP contribution in [0.5, 0.6) is 0 Å². The Bertz CT molecular complexity index is 1090. The Hall–Kier alpha value is -3.23. The fraction of sp³-hybridized carbons (Fsp3) is 0.348. The number of urea groups is 1. The summed E-state index contributed by atoms with van der Waals surface area (Å²) in [4.78, 5) is 30.1. The molecule has 0 radical (unpaired) electrons. The van der Waals surface area contributed by atoms with E-state index >= 15 is 0 Å². The Labute approximate surface area is 180 Å². The van der Waals surface area contributed by atoms with Gasteiger partial charge in [0.2, 0.25) is 5.91 Å². The van der Waals surface area contributed by atoms with Gasteiger partial charge in [-0.05, 0) is 23.3 Å². The minimum Gasteiger partial charge on any atom is -0.354 e. The number of carbonyl (C=O) groups excluding carboxylic acids is 2. The van der Waals surface area contributed by atoms with E-state index in [4.69, 9.17) is 4.52 Å². The maximum Gasteiger partial charge on any atom is 0.329 e. The molecule has 3 heterocycles. The summed E-state index contributed by atoms with van der Waals surface area (Å²) in [5.41, 5.74) is 3.14. The molecule has 3 aromatic rings. The maximum absolute atomic E-state index is 12.2. The molecule has 8 heteroatoms. The molecule has 160 valence electrons. The summed E-state index contributed by atoms with van der Waals surface area (Å²) in [7, 11) is 0. The lowest BCUT2D eigenvalue weighted by Crippen LogP contribution is -2.49. The van der Waals surface area contributed by atoms with Crippen molar-refractivity contribution in [3.63, 3.8) is 0 Å². The number of hydrogen-bond acceptors (Lipinski definition) is 6. The monoisotopic (exact) mass is 419 g/mol. The number of nitrogens with zero attached hydrogens (tertiary/aromatic N) is 4. The van der Waals surface area contributed by atoms with Crippen LogP contribution in [0.3, 0.4) is 0 Å². The fourth-order valence-corrected chi connectivity index (χ4v) is 4.24. The van der Waals surface area contributed by atoms with Gasteiger partial charge in [0.1, 0.15) is 0 Å². The molecule has 0 spiro atoms. The normalized spacial score (nSPS) is 18.5.